The second-order valence-electron chi connectivity index (χ2n) is 5.16. The summed E-state index contributed by atoms with van der Waals surface area (Å²) in [4.78, 5) is 12.2. The van der Waals surface area contributed by atoms with Crippen molar-refractivity contribution in [3.63, 3.8) is 0 Å². The first-order valence-electron chi connectivity index (χ1n) is 7.06. The van der Waals surface area contributed by atoms with Crippen molar-refractivity contribution in [1.82, 2.24) is 0 Å². The van der Waals surface area contributed by atoms with Gasteiger partial charge in [-0.25, -0.2) is 0 Å². The quantitative estimate of drug-likeness (QED) is 0.892. The van der Waals surface area contributed by atoms with Gasteiger partial charge in [-0.1, -0.05) is 30.3 Å². The number of nitrogens with one attached hydrogen (secondary N) is 1. The lowest BCUT2D eigenvalue weighted by Crippen LogP contribution is -2.26. The van der Waals surface area contributed by atoms with Crippen LogP contribution in [0.4, 0.5) is 5.69 Å². The van der Waals surface area contributed by atoms with Crippen molar-refractivity contribution in [3.8, 4) is 5.75 Å². The Labute approximate surface area is 138 Å². The molecule has 0 amide bonds. The summed E-state index contributed by atoms with van der Waals surface area (Å²) < 4.78 is 6.16. The Hall–Kier alpha value is -2.07. The SMILES string of the molecule is COc1ccc([C@@H]2C(=O)C=C[C@H]2Nc2ccccc2Br)cc1. The average Bonchev–Trinajstić information content (AvgIpc) is 2.90. The molecule has 2 aromatic carbocycles. The second kappa shape index (κ2) is 6.36. The highest BCUT2D eigenvalue weighted by Gasteiger charge is 2.31. The molecule has 0 spiro atoms. The third-order valence-corrected chi connectivity index (χ3v) is 4.50. The van der Waals surface area contributed by atoms with E-state index in [1.54, 1.807) is 13.2 Å². The van der Waals surface area contributed by atoms with Crippen molar-refractivity contribution in [2.24, 2.45) is 0 Å². The Bertz CT molecular complexity index is 709. The van der Waals surface area contributed by atoms with Gasteiger partial charge >= 0.3 is 0 Å². The molecule has 3 rings (SSSR count). The summed E-state index contributed by atoms with van der Waals surface area (Å²) in [5.74, 6) is 0.699. The van der Waals surface area contributed by atoms with Crippen LogP contribution in [0.5, 0.6) is 5.75 Å². The normalized spacial score (nSPS) is 20.2. The standard InChI is InChI=1S/C18H16BrNO2/c1-22-13-8-6-12(7-9-13)18-16(10-11-17(18)21)20-15-5-3-2-4-14(15)19/h2-11,16,18,20H,1H3/t16-,18+/m1/s1. The maximum Gasteiger partial charge on any atom is 0.165 e. The fourth-order valence-electron chi connectivity index (χ4n) is 2.66. The molecule has 0 saturated carbocycles. The van der Waals surface area contributed by atoms with E-state index in [1.165, 1.54) is 0 Å². The molecule has 1 aliphatic carbocycles. The second-order valence-corrected chi connectivity index (χ2v) is 6.02. The molecule has 0 heterocycles. The summed E-state index contributed by atoms with van der Waals surface area (Å²) in [5, 5.41) is 3.43. The number of halogens is 1. The van der Waals surface area contributed by atoms with Crippen molar-refractivity contribution in [2.75, 3.05) is 12.4 Å². The Morgan fingerprint density at radius 3 is 2.50 bits per heavy atom. The number of ether oxygens (including phenoxy) is 1. The van der Waals surface area contributed by atoms with Gasteiger partial charge < -0.3 is 10.1 Å². The third kappa shape index (κ3) is 2.92. The number of anilines is 1. The van der Waals surface area contributed by atoms with Crippen molar-refractivity contribution >= 4 is 27.4 Å². The fourth-order valence-corrected chi connectivity index (χ4v) is 3.06. The lowest BCUT2D eigenvalue weighted by atomic mass is 9.92. The first-order chi connectivity index (χ1) is 10.7. The number of ketones is 1. The number of rotatable bonds is 4. The van der Waals surface area contributed by atoms with Gasteiger partial charge in [0.2, 0.25) is 0 Å². The molecular weight excluding hydrogens is 342 g/mol. The van der Waals surface area contributed by atoms with Crippen LogP contribution in [-0.2, 0) is 4.79 Å². The van der Waals surface area contributed by atoms with Crippen molar-refractivity contribution < 1.29 is 9.53 Å². The number of carbonyl (C=O) groups excluding carboxylic acids is 1. The molecule has 2 atom stereocenters. The van der Waals surface area contributed by atoms with Crippen LogP contribution < -0.4 is 10.1 Å². The van der Waals surface area contributed by atoms with E-state index in [2.05, 4.69) is 21.2 Å². The van der Waals surface area contributed by atoms with Gasteiger partial charge in [-0.05, 0) is 51.8 Å². The molecule has 112 valence electrons. The van der Waals surface area contributed by atoms with E-state index in [4.69, 9.17) is 4.74 Å². The van der Waals surface area contributed by atoms with Crippen LogP contribution in [0.15, 0.2) is 65.2 Å². The average molecular weight is 358 g/mol. The summed E-state index contributed by atoms with van der Waals surface area (Å²) in [6.45, 7) is 0. The van der Waals surface area contributed by atoms with E-state index in [-0.39, 0.29) is 17.7 Å². The maximum absolute atomic E-state index is 12.2. The minimum Gasteiger partial charge on any atom is -0.497 e. The molecule has 0 fully saturated rings. The molecule has 0 saturated heterocycles. The van der Waals surface area contributed by atoms with E-state index >= 15 is 0 Å². The lowest BCUT2D eigenvalue weighted by Gasteiger charge is -2.22. The Morgan fingerprint density at radius 2 is 1.82 bits per heavy atom. The van der Waals surface area contributed by atoms with Gasteiger partial charge in [0.25, 0.3) is 0 Å². The Balaban J connectivity index is 1.85. The molecule has 0 bridgehead atoms. The minimum absolute atomic E-state index is 0.0559. The van der Waals surface area contributed by atoms with E-state index in [0.717, 1.165) is 21.5 Å². The lowest BCUT2D eigenvalue weighted by molar-refractivity contribution is -0.115. The van der Waals surface area contributed by atoms with Gasteiger partial charge in [0.15, 0.2) is 5.78 Å². The summed E-state index contributed by atoms with van der Waals surface area (Å²) in [6.07, 6.45) is 3.58. The topological polar surface area (TPSA) is 38.3 Å². The van der Waals surface area contributed by atoms with Gasteiger partial charge in [0.05, 0.1) is 19.1 Å². The van der Waals surface area contributed by atoms with Gasteiger partial charge in [-0.2, -0.15) is 0 Å². The van der Waals surface area contributed by atoms with Gasteiger partial charge in [-0.15, -0.1) is 0 Å². The third-order valence-electron chi connectivity index (χ3n) is 3.80. The smallest absolute Gasteiger partial charge is 0.165 e. The molecule has 0 aromatic heterocycles. The molecule has 0 unspecified atom stereocenters. The summed E-state index contributed by atoms with van der Waals surface area (Å²) in [5.41, 5.74) is 1.96. The van der Waals surface area contributed by atoms with Crippen LogP contribution in [0.2, 0.25) is 0 Å². The largest absolute Gasteiger partial charge is 0.497 e. The maximum atomic E-state index is 12.2. The highest BCUT2D eigenvalue weighted by atomic mass is 79.9. The van der Waals surface area contributed by atoms with E-state index in [1.807, 2.05) is 54.6 Å². The summed E-state index contributed by atoms with van der Waals surface area (Å²) >= 11 is 3.53. The number of allylic oxidation sites excluding steroid dienone is 1. The molecular formula is C18H16BrNO2. The molecule has 2 aromatic rings. The van der Waals surface area contributed by atoms with Crippen LogP contribution >= 0.6 is 15.9 Å². The Morgan fingerprint density at radius 1 is 1.09 bits per heavy atom. The van der Waals surface area contributed by atoms with Crippen molar-refractivity contribution in [1.29, 1.82) is 0 Å². The summed E-state index contributed by atoms with van der Waals surface area (Å²) in [6, 6.07) is 15.5. The monoisotopic (exact) mass is 357 g/mol. The van der Waals surface area contributed by atoms with E-state index in [0.29, 0.717) is 0 Å². The first-order valence-corrected chi connectivity index (χ1v) is 7.85. The number of benzene rings is 2. The van der Waals surface area contributed by atoms with Gasteiger partial charge in [-0.3, -0.25) is 4.79 Å². The molecule has 1 N–H and O–H groups in total. The number of hydrogen-bond acceptors (Lipinski definition) is 3. The van der Waals surface area contributed by atoms with E-state index in [9.17, 15) is 4.79 Å². The minimum atomic E-state index is -0.210. The van der Waals surface area contributed by atoms with Crippen LogP contribution in [0.25, 0.3) is 0 Å². The number of para-hydroxylation sites is 1. The molecule has 4 heteroatoms. The summed E-state index contributed by atoms with van der Waals surface area (Å²) in [7, 11) is 1.63. The molecule has 1 aliphatic rings. The first kappa shape index (κ1) is 14.9. The van der Waals surface area contributed by atoms with Crippen molar-refractivity contribution in [2.45, 2.75) is 12.0 Å². The zero-order valence-corrected chi connectivity index (χ0v) is 13.7. The van der Waals surface area contributed by atoms with Crippen LogP contribution in [0, 0.1) is 0 Å². The van der Waals surface area contributed by atoms with Crippen molar-refractivity contribution in [3.05, 3.63) is 70.7 Å². The molecule has 3 nitrogen and oxygen atoms in total. The number of carbonyl (C=O) groups is 1. The van der Waals surface area contributed by atoms with Crippen LogP contribution in [0.3, 0.4) is 0 Å². The Kier molecular flexibility index (Phi) is 4.29. The van der Waals surface area contributed by atoms with Gasteiger partial charge in [0, 0.05) is 10.2 Å². The molecule has 0 aliphatic heterocycles. The predicted molar refractivity (Wildman–Crippen MR) is 91.4 cm³/mol. The molecule has 0 radical (unpaired) electrons. The van der Waals surface area contributed by atoms with E-state index < -0.39 is 0 Å². The van der Waals surface area contributed by atoms with Gasteiger partial charge in [0.1, 0.15) is 5.75 Å². The van der Waals surface area contributed by atoms with Crippen LogP contribution in [-0.4, -0.2) is 18.9 Å². The van der Waals surface area contributed by atoms with Crippen LogP contribution in [0.1, 0.15) is 11.5 Å². The molecule has 22 heavy (non-hydrogen) atoms. The zero-order chi connectivity index (χ0) is 15.5. The fraction of sp³-hybridized carbons (Fsp3) is 0.167. The highest BCUT2D eigenvalue weighted by Crippen LogP contribution is 2.32. The zero-order valence-electron chi connectivity index (χ0n) is 12.1. The predicted octanol–water partition coefficient (Wildman–Crippen LogP) is 4.16. The number of hydrogen-bond donors (Lipinski definition) is 1. The highest BCUT2D eigenvalue weighted by molar-refractivity contribution is 9.10. The number of methoxy groups -OCH3 is 1.